The van der Waals surface area contributed by atoms with Gasteiger partial charge in [-0.25, -0.2) is 0 Å². The van der Waals surface area contributed by atoms with Crippen LogP contribution in [0.3, 0.4) is 0 Å². The Balaban J connectivity index is 1.27. The predicted molar refractivity (Wildman–Crippen MR) is 210 cm³/mol. The predicted octanol–water partition coefficient (Wildman–Crippen LogP) is 8.70. The molecular formula is C43H32Cl3N3O6. The molecule has 2 aliphatic carbocycles. The molecule has 0 bridgehead atoms. The molecule has 3 fully saturated rings. The van der Waals surface area contributed by atoms with Crippen molar-refractivity contribution in [3.05, 3.63) is 141 Å². The van der Waals surface area contributed by atoms with Crippen molar-refractivity contribution in [3.8, 4) is 11.5 Å². The highest BCUT2D eigenvalue weighted by molar-refractivity contribution is 6.36. The summed E-state index contributed by atoms with van der Waals surface area (Å²) in [5.74, 6) is -5.43. The van der Waals surface area contributed by atoms with Gasteiger partial charge >= 0.3 is 0 Å². The summed E-state index contributed by atoms with van der Waals surface area (Å²) >= 11 is 18.9. The summed E-state index contributed by atoms with van der Waals surface area (Å²) in [6, 6.07) is 29.3. The Morgan fingerprint density at radius 2 is 1.53 bits per heavy atom. The van der Waals surface area contributed by atoms with Gasteiger partial charge in [0.2, 0.25) is 11.8 Å². The number of amides is 4. The fourth-order valence-corrected chi connectivity index (χ4v) is 10.1. The van der Waals surface area contributed by atoms with Crippen LogP contribution in [0.4, 0.5) is 11.4 Å². The van der Waals surface area contributed by atoms with Gasteiger partial charge in [0, 0.05) is 26.9 Å². The van der Waals surface area contributed by atoms with E-state index < -0.39 is 46.8 Å². The van der Waals surface area contributed by atoms with Gasteiger partial charge in [0.25, 0.3) is 11.8 Å². The van der Waals surface area contributed by atoms with Gasteiger partial charge in [-0.2, -0.15) is 5.01 Å². The number of nitrogens with one attached hydrogen (secondary N) is 1. The van der Waals surface area contributed by atoms with Crippen LogP contribution in [0, 0.1) is 23.7 Å². The Labute approximate surface area is 331 Å². The number of fused-ring (bicyclic) bond motifs is 5. The molecule has 9 nitrogen and oxygen atoms in total. The number of methoxy groups -OCH3 is 1. The number of carbonyl (C=O) groups excluding carboxylic acids is 4. The smallest absolute Gasteiger partial charge is 0.260 e. The lowest BCUT2D eigenvalue weighted by molar-refractivity contribution is -0.138. The lowest BCUT2D eigenvalue weighted by Crippen LogP contribution is -2.53. The quantitative estimate of drug-likeness (QED) is 0.131. The molecule has 5 aromatic carbocycles. The standard InChI is InChI=1S/C43H32Cl3N3O6/c1-55-27-14-7-23(8-15-27)43-33(40(52)49(42(43)54)47-35-19-11-25(45)20-34(35)46)21-32-29(37(43)31-16-6-22-4-2-3-5-28(22)38(31)50)17-18-30-36(32)41(53)48(39(30)51)26-12-9-24(44)10-13-26/h2-17,19-20,30,32-33,36-37,47,50H,18,21H2,1H3/t30-,32+,33-,36-,37+,43+/m0/s1. The second-order valence-electron chi connectivity index (χ2n) is 14.4. The van der Waals surface area contributed by atoms with Crippen molar-refractivity contribution in [2.24, 2.45) is 23.7 Å². The van der Waals surface area contributed by atoms with E-state index in [-0.39, 0.29) is 41.1 Å². The Morgan fingerprint density at radius 1 is 0.800 bits per heavy atom. The summed E-state index contributed by atoms with van der Waals surface area (Å²) in [6.07, 6.45) is 2.26. The molecule has 55 heavy (non-hydrogen) atoms. The molecule has 276 valence electrons. The highest BCUT2D eigenvalue weighted by Crippen LogP contribution is 2.65. The molecule has 1 saturated carbocycles. The number of anilines is 2. The summed E-state index contributed by atoms with van der Waals surface area (Å²) in [4.78, 5) is 60.5. The van der Waals surface area contributed by atoms with Crippen LogP contribution >= 0.6 is 34.8 Å². The van der Waals surface area contributed by atoms with Crippen LogP contribution < -0.4 is 15.1 Å². The fourth-order valence-electron chi connectivity index (χ4n) is 9.54. The number of hydrogen-bond donors (Lipinski definition) is 2. The average Bonchev–Trinajstić information content (AvgIpc) is 3.57. The number of phenolic OH excluding ortho intramolecular Hbond substituents is 1. The molecule has 2 N–H and O–H groups in total. The highest BCUT2D eigenvalue weighted by atomic mass is 35.5. The highest BCUT2D eigenvalue weighted by Gasteiger charge is 2.70. The number of rotatable bonds is 6. The summed E-state index contributed by atoms with van der Waals surface area (Å²) in [7, 11) is 1.54. The molecular weight excluding hydrogens is 761 g/mol. The summed E-state index contributed by atoms with van der Waals surface area (Å²) in [6.45, 7) is 0. The Kier molecular flexibility index (Phi) is 8.45. The van der Waals surface area contributed by atoms with Crippen LogP contribution in [0.25, 0.3) is 10.8 Å². The minimum Gasteiger partial charge on any atom is -0.507 e. The first-order chi connectivity index (χ1) is 26.5. The maximum absolute atomic E-state index is 15.5. The summed E-state index contributed by atoms with van der Waals surface area (Å²) < 4.78 is 5.49. The number of ether oxygens (including phenoxy) is 1. The number of nitrogens with zero attached hydrogens (tertiary/aromatic N) is 2. The molecule has 0 spiro atoms. The zero-order valence-electron chi connectivity index (χ0n) is 29.2. The zero-order valence-corrected chi connectivity index (χ0v) is 31.5. The summed E-state index contributed by atoms with van der Waals surface area (Å²) in [5, 5.41) is 15.6. The molecule has 4 aliphatic rings. The zero-order chi connectivity index (χ0) is 38.3. The number of aromatic hydroxyl groups is 1. The van der Waals surface area contributed by atoms with Gasteiger partial charge in [0.1, 0.15) is 11.5 Å². The van der Waals surface area contributed by atoms with Crippen LogP contribution in [0.2, 0.25) is 15.1 Å². The van der Waals surface area contributed by atoms with Gasteiger partial charge in [-0.1, -0.05) is 95.0 Å². The molecule has 0 aromatic heterocycles. The molecule has 4 amide bonds. The number of phenols is 1. The minimum absolute atomic E-state index is 0.0394. The van der Waals surface area contributed by atoms with Gasteiger partial charge in [-0.3, -0.25) is 29.5 Å². The van der Waals surface area contributed by atoms with Gasteiger partial charge < -0.3 is 9.84 Å². The topological polar surface area (TPSA) is 116 Å². The third-order valence-corrected chi connectivity index (χ3v) is 12.7. The molecule has 2 aliphatic heterocycles. The second-order valence-corrected chi connectivity index (χ2v) is 15.7. The van der Waals surface area contributed by atoms with Gasteiger partial charge in [-0.05, 0) is 84.3 Å². The largest absolute Gasteiger partial charge is 0.507 e. The van der Waals surface area contributed by atoms with E-state index in [1.54, 1.807) is 79.9 Å². The molecule has 12 heteroatoms. The van der Waals surface area contributed by atoms with Crippen LogP contribution in [-0.4, -0.2) is 40.9 Å². The maximum atomic E-state index is 15.5. The Morgan fingerprint density at radius 3 is 2.25 bits per heavy atom. The third kappa shape index (κ3) is 5.20. The van der Waals surface area contributed by atoms with Crippen molar-refractivity contribution in [1.29, 1.82) is 0 Å². The van der Waals surface area contributed by atoms with Crippen molar-refractivity contribution < 1.29 is 29.0 Å². The number of benzene rings is 5. The number of hydrazine groups is 1. The van der Waals surface area contributed by atoms with Crippen LogP contribution in [-0.2, 0) is 24.6 Å². The monoisotopic (exact) mass is 791 g/mol. The molecule has 2 heterocycles. The average molecular weight is 793 g/mol. The van der Waals surface area contributed by atoms with E-state index in [4.69, 9.17) is 39.5 Å². The number of halogens is 3. The molecule has 0 unspecified atom stereocenters. The van der Waals surface area contributed by atoms with E-state index in [0.29, 0.717) is 43.6 Å². The van der Waals surface area contributed by atoms with Crippen molar-refractivity contribution in [2.75, 3.05) is 17.4 Å². The van der Waals surface area contributed by atoms with Crippen LogP contribution in [0.1, 0.15) is 29.9 Å². The van der Waals surface area contributed by atoms with E-state index in [0.717, 1.165) is 10.4 Å². The maximum Gasteiger partial charge on any atom is 0.260 e. The van der Waals surface area contributed by atoms with Crippen molar-refractivity contribution in [2.45, 2.75) is 24.2 Å². The Hall–Kier alpha value is -5.35. The van der Waals surface area contributed by atoms with Crippen molar-refractivity contribution in [3.63, 3.8) is 0 Å². The second kappa shape index (κ2) is 13.2. The van der Waals surface area contributed by atoms with Crippen molar-refractivity contribution in [1.82, 2.24) is 5.01 Å². The number of allylic oxidation sites excluding steroid dienone is 2. The van der Waals surface area contributed by atoms with Crippen LogP contribution in [0.5, 0.6) is 11.5 Å². The van der Waals surface area contributed by atoms with Crippen molar-refractivity contribution >= 4 is 80.6 Å². The molecule has 5 aromatic rings. The first kappa shape index (κ1) is 35.4. The first-order valence-corrected chi connectivity index (χ1v) is 19.0. The van der Waals surface area contributed by atoms with Gasteiger partial charge in [0.15, 0.2) is 0 Å². The van der Waals surface area contributed by atoms with E-state index >= 15 is 9.59 Å². The van der Waals surface area contributed by atoms with E-state index in [1.165, 1.54) is 11.0 Å². The first-order valence-electron chi connectivity index (χ1n) is 17.8. The van der Waals surface area contributed by atoms with Gasteiger partial charge in [-0.15, -0.1) is 0 Å². The van der Waals surface area contributed by atoms with E-state index in [9.17, 15) is 14.7 Å². The normalized spacial score (nSPS) is 25.8. The van der Waals surface area contributed by atoms with E-state index in [2.05, 4.69) is 5.43 Å². The van der Waals surface area contributed by atoms with Crippen LogP contribution in [0.15, 0.2) is 115 Å². The molecule has 2 saturated heterocycles. The third-order valence-electron chi connectivity index (χ3n) is 11.9. The fraction of sp³-hybridized carbons (Fsp3) is 0.209. The molecule has 6 atom stereocenters. The molecule has 0 radical (unpaired) electrons. The SMILES string of the molecule is COc1ccc([C@@]23C(=O)N(Nc4ccc(Cl)cc4Cl)C(=O)[C@@H]2C[C@@H]2C(=CC[C@@H]4C(=O)N(c5ccc(Cl)cc5)C(=O)[C@@H]42)[C@@H]3c2ccc3ccccc3c2O)cc1. The lowest BCUT2D eigenvalue weighted by Gasteiger charge is -2.50. The number of hydrogen-bond acceptors (Lipinski definition) is 7. The van der Waals surface area contributed by atoms with Gasteiger partial charge in [0.05, 0.1) is 46.7 Å². The van der Waals surface area contributed by atoms with E-state index in [1.807, 2.05) is 30.3 Å². The lowest BCUT2D eigenvalue weighted by atomic mass is 9.49. The number of imide groups is 2. The molecule has 9 rings (SSSR count). The summed E-state index contributed by atoms with van der Waals surface area (Å²) in [5.41, 5.74) is 3.74. The minimum atomic E-state index is -1.62. The Bertz CT molecular complexity index is 2490. The number of carbonyl (C=O) groups is 4.